The maximum Gasteiger partial charge on any atom is 0.254 e. The van der Waals surface area contributed by atoms with E-state index in [4.69, 9.17) is 4.52 Å². The molecule has 0 atom stereocenters. The Hall–Kier alpha value is -2.70. The Kier molecular flexibility index (Phi) is 4.59. The van der Waals surface area contributed by atoms with Crippen LogP contribution in [0.25, 0.3) is 0 Å². The van der Waals surface area contributed by atoms with Crippen LogP contribution in [0.15, 0.2) is 34.9 Å². The van der Waals surface area contributed by atoms with E-state index in [9.17, 15) is 14.0 Å². The predicted octanol–water partition coefficient (Wildman–Crippen LogP) is 2.61. The van der Waals surface area contributed by atoms with Gasteiger partial charge in [-0.15, -0.1) is 0 Å². The lowest BCUT2D eigenvalue weighted by atomic mass is 10.2. The van der Waals surface area contributed by atoms with Gasteiger partial charge in [-0.1, -0.05) is 5.16 Å². The summed E-state index contributed by atoms with van der Waals surface area (Å²) in [6.07, 6.45) is 2.11. The van der Waals surface area contributed by atoms with Gasteiger partial charge in [0, 0.05) is 18.2 Å². The maximum atomic E-state index is 13.0. The van der Waals surface area contributed by atoms with Crippen molar-refractivity contribution in [1.82, 2.24) is 10.1 Å². The third-order valence-electron chi connectivity index (χ3n) is 3.78. The van der Waals surface area contributed by atoms with Crippen molar-refractivity contribution >= 4 is 17.6 Å². The molecule has 0 spiro atoms. The van der Waals surface area contributed by atoms with Gasteiger partial charge in [-0.2, -0.15) is 0 Å². The Labute approximate surface area is 138 Å². The molecule has 3 rings (SSSR count). The van der Waals surface area contributed by atoms with Crippen LogP contribution in [0.5, 0.6) is 0 Å². The number of aromatic nitrogens is 1. The van der Waals surface area contributed by atoms with Crippen molar-refractivity contribution in [3.05, 3.63) is 47.5 Å². The molecule has 1 aliphatic carbocycles. The van der Waals surface area contributed by atoms with E-state index in [2.05, 4.69) is 10.5 Å². The molecule has 0 aliphatic heterocycles. The zero-order chi connectivity index (χ0) is 17.1. The molecule has 1 aromatic heterocycles. The second-order valence-electron chi connectivity index (χ2n) is 6.01. The molecule has 0 unspecified atom stereocenters. The SMILES string of the molecule is Cc1cc(NC(=O)CN(CC2CC2)C(=O)c2ccc(F)cc2)no1. The third kappa shape index (κ3) is 4.18. The van der Waals surface area contributed by atoms with Gasteiger partial charge in [0.15, 0.2) is 5.82 Å². The van der Waals surface area contributed by atoms with Gasteiger partial charge >= 0.3 is 0 Å². The van der Waals surface area contributed by atoms with E-state index < -0.39 is 5.82 Å². The van der Waals surface area contributed by atoms with Gasteiger partial charge in [-0.3, -0.25) is 9.59 Å². The van der Waals surface area contributed by atoms with Crippen molar-refractivity contribution in [2.75, 3.05) is 18.4 Å². The number of carbonyl (C=O) groups is 2. The van der Waals surface area contributed by atoms with Crippen LogP contribution in [0, 0.1) is 18.7 Å². The molecule has 24 heavy (non-hydrogen) atoms. The molecule has 1 aromatic carbocycles. The minimum absolute atomic E-state index is 0.0847. The van der Waals surface area contributed by atoms with Crippen LogP contribution in [-0.2, 0) is 4.79 Å². The average molecular weight is 331 g/mol. The minimum atomic E-state index is -0.403. The zero-order valence-electron chi connectivity index (χ0n) is 13.3. The highest BCUT2D eigenvalue weighted by atomic mass is 19.1. The molecule has 1 saturated carbocycles. The van der Waals surface area contributed by atoms with Crippen LogP contribution in [0.2, 0.25) is 0 Å². The molecular formula is C17H18FN3O3. The molecule has 0 radical (unpaired) electrons. The molecule has 2 aromatic rings. The van der Waals surface area contributed by atoms with E-state index >= 15 is 0 Å². The third-order valence-corrected chi connectivity index (χ3v) is 3.78. The fourth-order valence-electron chi connectivity index (χ4n) is 2.39. The van der Waals surface area contributed by atoms with Crippen molar-refractivity contribution < 1.29 is 18.5 Å². The lowest BCUT2D eigenvalue weighted by molar-refractivity contribution is -0.117. The Morgan fingerprint density at radius 2 is 2.04 bits per heavy atom. The first-order valence-corrected chi connectivity index (χ1v) is 7.79. The molecule has 1 fully saturated rings. The number of hydrogen-bond acceptors (Lipinski definition) is 4. The standard InChI is InChI=1S/C17H18FN3O3/c1-11-8-15(20-24-11)19-16(22)10-21(9-12-2-3-12)17(23)13-4-6-14(18)7-5-13/h4-8,12H,2-3,9-10H2,1H3,(H,19,20,22). The van der Waals surface area contributed by atoms with Crippen molar-refractivity contribution in [1.29, 1.82) is 0 Å². The van der Waals surface area contributed by atoms with Crippen LogP contribution < -0.4 is 5.32 Å². The van der Waals surface area contributed by atoms with E-state index in [0.29, 0.717) is 29.6 Å². The number of aryl methyl sites for hydroxylation is 1. The second kappa shape index (κ2) is 6.82. The van der Waals surface area contributed by atoms with E-state index in [1.165, 1.54) is 29.2 Å². The van der Waals surface area contributed by atoms with Gasteiger partial charge < -0.3 is 14.7 Å². The smallest absolute Gasteiger partial charge is 0.254 e. The number of nitrogens with zero attached hydrogens (tertiary/aromatic N) is 2. The quantitative estimate of drug-likeness (QED) is 0.883. The van der Waals surface area contributed by atoms with Gasteiger partial charge in [-0.25, -0.2) is 4.39 Å². The predicted molar refractivity (Wildman–Crippen MR) is 84.9 cm³/mol. The summed E-state index contributed by atoms with van der Waals surface area (Å²) in [7, 11) is 0. The fraction of sp³-hybridized carbons (Fsp3) is 0.353. The Morgan fingerprint density at radius 1 is 1.33 bits per heavy atom. The lowest BCUT2D eigenvalue weighted by Gasteiger charge is -2.22. The number of rotatable bonds is 6. The number of anilines is 1. The monoisotopic (exact) mass is 331 g/mol. The Bertz CT molecular complexity index is 738. The highest BCUT2D eigenvalue weighted by molar-refractivity contribution is 5.99. The van der Waals surface area contributed by atoms with Gasteiger partial charge in [0.2, 0.25) is 5.91 Å². The van der Waals surface area contributed by atoms with E-state index in [1.54, 1.807) is 13.0 Å². The highest BCUT2D eigenvalue weighted by Crippen LogP contribution is 2.30. The van der Waals surface area contributed by atoms with E-state index in [1.807, 2.05) is 0 Å². The van der Waals surface area contributed by atoms with E-state index in [0.717, 1.165) is 12.8 Å². The van der Waals surface area contributed by atoms with Crippen LogP contribution in [-0.4, -0.2) is 35.0 Å². The zero-order valence-corrected chi connectivity index (χ0v) is 13.3. The van der Waals surface area contributed by atoms with Crippen LogP contribution in [0.1, 0.15) is 29.0 Å². The number of hydrogen-bond donors (Lipinski definition) is 1. The Morgan fingerprint density at radius 3 is 2.62 bits per heavy atom. The van der Waals surface area contributed by atoms with Crippen LogP contribution >= 0.6 is 0 Å². The number of carbonyl (C=O) groups excluding carboxylic acids is 2. The molecule has 2 amide bonds. The topological polar surface area (TPSA) is 75.4 Å². The van der Waals surface area contributed by atoms with Gasteiger partial charge in [0.1, 0.15) is 18.1 Å². The average Bonchev–Trinajstić information content (AvgIpc) is 3.27. The first-order chi connectivity index (χ1) is 11.5. The normalized spacial score (nSPS) is 13.6. The molecule has 126 valence electrons. The summed E-state index contributed by atoms with van der Waals surface area (Å²) in [6, 6.07) is 6.93. The summed E-state index contributed by atoms with van der Waals surface area (Å²) in [5.74, 6) is 0.296. The molecule has 0 saturated heterocycles. The maximum absolute atomic E-state index is 13.0. The summed E-state index contributed by atoms with van der Waals surface area (Å²) >= 11 is 0. The largest absolute Gasteiger partial charge is 0.360 e. The molecule has 1 aliphatic rings. The number of benzene rings is 1. The summed E-state index contributed by atoms with van der Waals surface area (Å²) in [4.78, 5) is 26.3. The molecule has 7 heteroatoms. The van der Waals surface area contributed by atoms with Crippen LogP contribution in [0.4, 0.5) is 10.2 Å². The Balaban J connectivity index is 1.67. The van der Waals surface area contributed by atoms with Crippen molar-refractivity contribution in [3.63, 3.8) is 0 Å². The summed E-state index contributed by atoms with van der Waals surface area (Å²) in [5.41, 5.74) is 0.363. The molecular weight excluding hydrogens is 313 g/mol. The van der Waals surface area contributed by atoms with Gasteiger partial charge in [0.25, 0.3) is 5.91 Å². The molecule has 1 N–H and O–H groups in total. The van der Waals surface area contributed by atoms with Crippen molar-refractivity contribution in [3.8, 4) is 0 Å². The second-order valence-corrected chi connectivity index (χ2v) is 6.01. The molecule has 1 heterocycles. The first-order valence-electron chi connectivity index (χ1n) is 7.79. The number of halogens is 1. The summed E-state index contributed by atoms with van der Waals surface area (Å²) < 4.78 is 17.9. The minimum Gasteiger partial charge on any atom is -0.360 e. The number of amides is 2. The highest BCUT2D eigenvalue weighted by Gasteiger charge is 2.28. The summed E-state index contributed by atoms with van der Waals surface area (Å²) in [5, 5.41) is 6.30. The number of nitrogens with one attached hydrogen (secondary N) is 1. The van der Waals surface area contributed by atoms with Gasteiger partial charge in [-0.05, 0) is 49.9 Å². The fourth-order valence-corrected chi connectivity index (χ4v) is 2.39. The molecule has 0 bridgehead atoms. The van der Waals surface area contributed by atoms with Gasteiger partial charge in [0.05, 0.1) is 0 Å². The first kappa shape index (κ1) is 16.2. The van der Waals surface area contributed by atoms with Crippen molar-refractivity contribution in [2.45, 2.75) is 19.8 Å². The summed E-state index contributed by atoms with van der Waals surface area (Å²) in [6.45, 7) is 2.15. The molecule has 6 nitrogen and oxygen atoms in total. The van der Waals surface area contributed by atoms with Crippen LogP contribution in [0.3, 0.4) is 0 Å². The lowest BCUT2D eigenvalue weighted by Crippen LogP contribution is -2.39. The van der Waals surface area contributed by atoms with E-state index in [-0.39, 0.29) is 18.4 Å². The van der Waals surface area contributed by atoms with Crippen molar-refractivity contribution in [2.24, 2.45) is 5.92 Å².